The molecule has 0 spiro atoms. The number of hydrogen-bond acceptors (Lipinski definition) is 7. The molecule has 0 radical (unpaired) electrons. The van der Waals surface area contributed by atoms with E-state index in [9.17, 15) is 4.79 Å². The first-order valence-electron chi connectivity index (χ1n) is 9.60. The Kier molecular flexibility index (Phi) is 6.79. The Bertz CT molecular complexity index is 1060. The molecule has 1 N–H and O–H groups in total. The number of carbonyl (C=O) groups excluding carboxylic acids is 1. The van der Waals surface area contributed by atoms with Crippen molar-refractivity contribution in [3.63, 3.8) is 0 Å². The quantitative estimate of drug-likeness (QED) is 0.686. The lowest BCUT2D eigenvalue weighted by atomic mass is 10.0. The molecule has 0 atom stereocenters. The molecule has 0 unspecified atom stereocenters. The van der Waals surface area contributed by atoms with Crippen molar-refractivity contribution in [3.8, 4) is 0 Å². The van der Waals surface area contributed by atoms with Crippen LogP contribution in [0.3, 0.4) is 0 Å². The highest BCUT2D eigenvalue weighted by molar-refractivity contribution is 7.44. The Hall–Kier alpha value is -3.26. The number of fused-ring (bicyclic) bond motifs is 1. The molecular weight excluding hydrogens is 398 g/mol. The van der Waals surface area contributed by atoms with Gasteiger partial charge in [0.2, 0.25) is 0 Å². The van der Waals surface area contributed by atoms with Crippen LogP contribution in [-0.4, -0.2) is 25.1 Å². The van der Waals surface area contributed by atoms with E-state index in [-0.39, 0.29) is 5.91 Å². The van der Waals surface area contributed by atoms with Gasteiger partial charge in [0.25, 0.3) is 5.91 Å². The molecule has 8 heteroatoms. The number of rotatable bonds is 4. The molecule has 3 heterocycles. The Morgan fingerprint density at radius 3 is 2.70 bits per heavy atom. The molecule has 1 aliphatic heterocycles. The van der Waals surface area contributed by atoms with Gasteiger partial charge in [0.1, 0.15) is 11.5 Å². The van der Waals surface area contributed by atoms with Crippen LogP contribution in [0.25, 0.3) is 0 Å². The van der Waals surface area contributed by atoms with E-state index in [0.717, 1.165) is 35.0 Å². The van der Waals surface area contributed by atoms with Gasteiger partial charge in [-0.2, -0.15) is 4.21 Å². The number of aryl methyl sites for hydroxylation is 1. The minimum absolute atomic E-state index is 0.213. The third kappa shape index (κ3) is 4.83. The number of pyridine rings is 1. The van der Waals surface area contributed by atoms with Crippen LogP contribution in [0.2, 0.25) is 0 Å². The Morgan fingerprint density at radius 1 is 1.13 bits per heavy atom. The molecule has 1 aliphatic rings. The summed E-state index contributed by atoms with van der Waals surface area (Å²) in [6.07, 6.45) is 3.56. The summed E-state index contributed by atoms with van der Waals surface area (Å²) in [7, 11) is 0. The predicted octanol–water partition coefficient (Wildman–Crippen LogP) is 3.74. The molecule has 1 aromatic carbocycles. The van der Waals surface area contributed by atoms with Gasteiger partial charge in [-0.15, -0.1) is 0 Å². The minimum atomic E-state index is -0.213. The predicted molar refractivity (Wildman–Crippen MR) is 118 cm³/mol. The zero-order chi connectivity index (χ0) is 21.7. The van der Waals surface area contributed by atoms with Crippen molar-refractivity contribution in [2.75, 3.05) is 10.2 Å². The van der Waals surface area contributed by atoms with Gasteiger partial charge in [-0.1, -0.05) is 26.0 Å². The number of hydrogen-bond donors (Lipinski definition) is 1. The van der Waals surface area contributed by atoms with Gasteiger partial charge in [-0.25, -0.2) is 9.97 Å². The monoisotopic (exact) mass is 421 g/mol. The van der Waals surface area contributed by atoms with Crippen LogP contribution in [0.15, 0.2) is 48.8 Å². The highest BCUT2D eigenvalue weighted by Crippen LogP contribution is 2.27. The number of nitrogens with one attached hydrogen (secondary N) is 1. The van der Waals surface area contributed by atoms with Gasteiger partial charge in [0, 0.05) is 35.9 Å². The zero-order valence-electron chi connectivity index (χ0n) is 17.1. The van der Waals surface area contributed by atoms with Crippen molar-refractivity contribution in [2.24, 2.45) is 0 Å². The second-order valence-electron chi connectivity index (χ2n) is 7.38. The highest BCUT2D eigenvalue weighted by atomic mass is 32.1. The first kappa shape index (κ1) is 21.4. The average Bonchev–Trinajstić information content (AvgIpc) is 3.18. The first-order chi connectivity index (χ1) is 14.5. The lowest BCUT2D eigenvalue weighted by Gasteiger charge is -2.17. The van der Waals surface area contributed by atoms with Crippen molar-refractivity contribution in [2.45, 2.75) is 39.8 Å². The fourth-order valence-corrected chi connectivity index (χ4v) is 3.35. The highest BCUT2D eigenvalue weighted by Gasteiger charge is 2.22. The maximum atomic E-state index is 12.7. The van der Waals surface area contributed by atoms with Gasteiger partial charge >= 0.3 is 0 Å². The van der Waals surface area contributed by atoms with Crippen molar-refractivity contribution in [3.05, 3.63) is 77.1 Å². The number of anilines is 2. The summed E-state index contributed by atoms with van der Waals surface area (Å²) in [6, 6.07) is 11.7. The summed E-state index contributed by atoms with van der Waals surface area (Å²) in [5, 5.41) is 2.95. The van der Waals surface area contributed by atoms with Crippen LogP contribution in [0.1, 0.15) is 52.9 Å². The second-order valence-corrected chi connectivity index (χ2v) is 7.38. The van der Waals surface area contributed by atoms with E-state index in [4.69, 9.17) is 4.21 Å². The van der Waals surface area contributed by atoms with E-state index < -0.39 is 0 Å². The Labute approximate surface area is 181 Å². The van der Waals surface area contributed by atoms with Crippen LogP contribution in [0, 0.1) is 6.92 Å². The number of amides is 1. The van der Waals surface area contributed by atoms with E-state index in [0.29, 0.717) is 18.2 Å². The smallest absolute Gasteiger partial charge is 0.274 e. The van der Waals surface area contributed by atoms with Gasteiger partial charge < -0.3 is 10.2 Å². The Balaban J connectivity index is 0.00000124. The largest absolute Gasteiger partial charge is 0.361 e. The lowest BCUT2D eigenvalue weighted by Crippen LogP contribution is -2.18. The summed E-state index contributed by atoms with van der Waals surface area (Å²) in [6.45, 7) is 7.60. The third-order valence-electron chi connectivity index (χ3n) is 4.93. The fourth-order valence-electron chi connectivity index (χ4n) is 3.35. The minimum Gasteiger partial charge on any atom is -0.361 e. The molecule has 0 fully saturated rings. The van der Waals surface area contributed by atoms with Crippen molar-refractivity contribution < 1.29 is 9.00 Å². The number of carbonyl (C=O) groups is 1. The number of benzene rings is 1. The maximum Gasteiger partial charge on any atom is 0.274 e. The van der Waals surface area contributed by atoms with E-state index in [2.05, 4.69) is 57.6 Å². The van der Waals surface area contributed by atoms with Gasteiger partial charge in [-0.05, 0) is 42.7 Å². The molecule has 4 rings (SSSR count). The first-order valence-corrected chi connectivity index (χ1v) is 9.93. The van der Waals surface area contributed by atoms with Crippen molar-refractivity contribution in [1.82, 2.24) is 15.0 Å². The normalized spacial score (nSPS) is 12.2. The SMILES string of the molecule is Cc1ncc2c(n1)CN(c1ccnc(C(=O)Nc3cccc(C(C)C)c3)c1)C2.O=S. The molecule has 30 heavy (non-hydrogen) atoms. The molecular formula is C22H23N5O2S. The molecule has 0 saturated heterocycles. The van der Waals surface area contributed by atoms with E-state index in [1.165, 1.54) is 5.56 Å². The molecule has 3 aromatic rings. The third-order valence-corrected chi connectivity index (χ3v) is 4.93. The standard InChI is InChI=1S/C22H23N5O.OS/c1-14(2)16-5-4-6-18(9-16)26-22(28)20-10-19(7-8-23-20)27-12-17-11-24-15(3)25-21(17)13-27;1-2/h4-11,14H,12-13H2,1-3H3,(H,26,28);. The van der Waals surface area contributed by atoms with Gasteiger partial charge in [0.15, 0.2) is 12.5 Å². The molecule has 0 bridgehead atoms. The fraction of sp³-hybridized carbons (Fsp3) is 0.273. The van der Waals surface area contributed by atoms with Gasteiger partial charge in [-0.3, -0.25) is 9.78 Å². The summed E-state index contributed by atoms with van der Waals surface area (Å²) >= 11 is 2.83. The summed E-state index contributed by atoms with van der Waals surface area (Å²) < 4.78 is 7.83. The van der Waals surface area contributed by atoms with Crippen LogP contribution in [0.5, 0.6) is 0 Å². The van der Waals surface area contributed by atoms with Crippen molar-refractivity contribution in [1.29, 1.82) is 0 Å². The molecule has 154 valence electrons. The molecule has 1 amide bonds. The molecule has 2 aromatic heterocycles. The summed E-state index contributed by atoms with van der Waals surface area (Å²) in [5.74, 6) is 0.968. The van der Waals surface area contributed by atoms with E-state index >= 15 is 0 Å². The van der Waals surface area contributed by atoms with Crippen LogP contribution < -0.4 is 10.2 Å². The van der Waals surface area contributed by atoms with Crippen LogP contribution >= 0.6 is 0 Å². The molecule has 7 nitrogen and oxygen atoms in total. The topological polar surface area (TPSA) is 88.1 Å². The second kappa shape index (κ2) is 9.49. The zero-order valence-corrected chi connectivity index (χ0v) is 17.9. The van der Waals surface area contributed by atoms with E-state index in [1.54, 1.807) is 6.20 Å². The van der Waals surface area contributed by atoms with Gasteiger partial charge in [0.05, 0.1) is 12.2 Å². The average molecular weight is 422 g/mol. The van der Waals surface area contributed by atoms with Crippen LogP contribution in [-0.2, 0) is 25.6 Å². The van der Waals surface area contributed by atoms with Crippen molar-refractivity contribution >= 4 is 29.8 Å². The van der Waals surface area contributed by atoms with E-state index in [1.807, 2.05) is 43.5 Å². The number of nitrogens with zero attached hydrogens (tertiary/aromatic N) is 4. The Morgan fingerprint density at radius 2 is 1.93 bits per heavy atom. The summed E-state index contributed by atoms with van der Waals surface area (Å²) in [4.78, 5) is 27.9. The molecule has 0 saturated carbocycles. The molecule has 0 aliphatic carbocycles. The summed E-state index contributed by atoms with van der Waals surface area (Å²) in [5.41, 5.74) is 5.48. The maximum absolute atomic E-state index is 12.7. The lowest BCUT2D eigenvalue weighted by molar-refractivity contribution is 0.102. The van der Waals surface area contributed by atoms with Crippen LogP contribution in [0.4, 0.5) is 11.4 Å². The number of aromatic nitrogens is 3.